The Morgan fingerprint density at radius 1 is 1.03 bits per heavy atom. The van der Waals surface area contributed by atoms with Crippen LogP contribution in [-0.4, -0.2) is 43.9 Å². The first-order chi connectivity index (χ1) is 15.2. The highest BCUT2D eigenvalue weighted by atomic mass is 16.5. The van der Waals surface area contributed by atoms with Crippen molar-refractivity contribution in [1.29, 1.82) is 0 Å². The third-order valence-corrected chi connectivity index (χ3v) is 5.84. The van der Waals surface area contributed by atoms with Crippen molar-refractivity contribution in [2.75, 3.05) is 18.5 Å². The Morgan fingerprint density at radius 3 is 2.45 bits per heavy atom. The highest BCUT2D eigenvalue weighted by Crippen LogP contribution is 2.46. The fourth-order valence-corrected chi connectivity index (χ4v) is 4.33. The number of fused-ring (bicyclic) bond motifs is 2. The van der Waals surface area contributed by atoms with Crippen LogP contribution in [0.2, 0.25) is 0 Å². The second-order valence-corrected chi connectivity index (χ2v) is 7.76. The number of carbonyl (C=O) groups is 2. The van der Waals surface area contributed by atoms with Gasteiger partial charge in [-0.05, 0) is 37.1 Å². The number of rotatable bonds is 11. The minimum absolute atomic E-state index is 0.0722. The Balaban J connectivity index is 1.72. The third kappa shape index (κ3) is 4.25. The minimum Gasteiger partial charge on any atom is -0.463 e. The normalized spacial score (nSPS) is 22.3. The van der Waals surface area contributed by atoms with E-state index in [0.717, 1.165) is 22.4 Å². The summed E-state index contributed by atoms with van der Waals surface area (Å²) in [6.45, 7) is 3.07. The van der Waals surface area contributed by atoms with Gasteiger partial charge in [-0.15, -0.1) is 0 Å². The van der Waals surface area contributed by atoms with E-state index in [0.29, 0.717) is 19.4 Å². The van der Waals surface area contributed by atoms with Gasteiger partial charge in [0.05, 0.1) is 6.04 Å². The van der Waals surface area contributed by atoms with Gasteiger partial charge in [-0.25, -0.2) is 0 Å². The first kappa shape index (κ1) is 20.9. The van der Waals surface area contributed by atoms with E-state index in [-0.39, 0.29) is 25.4 Å². The number of benzene rings is 2. The molecule has 4 rings (SSSR count). The van der Waals surface area contributed by atoms with Gasteiger partial charge in [0.15, 0.2) is 0 Å². The maximum atomic E-state index is 11.0. The van der Waals surface area contributed by atoms with Crippen LogP contribution in [0.5, 0.6) is 0 Å². The Morgan fingerprint density at radius 2 is 1.74 bits per heavy atom. The highest BCUT2D eigenvalue weighted by Gasteiger charge is 2.53. The SMILES string of the molecule is Cc1ccc(CC(Nc2ccccc2)C23C=CC(O2)C(COC=O)=C3COC=O)cc1. The summed E-state index contributed by atoms with van der Waals surface area (Å²) >= 11 is 0. The number of ether oxygens (including phenoxy) is 3. The van der Waals surface area contributed by atoms with Crippen LogP contribution < -0.4 is 5.32 Å². The molecule has 2 bridgehead atoms. The average Bonchev–Trinajstić information content (AvgIpc) is 3.36. The molecule has 0 aliphatic carbocycles. The molecule has 1 N–H and O–H groups in total. The number of carbonyl (C=O) groups excluding carboxylic acids is 2. The zero-order valence-electron chi connectivity index (χ0n) is 17.3. The van der Waals surface area contributed by atoms with E-state index in [9.17, 15) is 9.59 Å². The van der Waals surface area contributed by atoms with E-state index in [1.54, 1.807) is 0 Å². The molecule has 3 unspecified atom stereocenters. The molecule has 2 aliphatic rings. The number of hydrogen-bond donors (Lipinski definition) is 1. The molecule has 31 heavy (non-hydrogen) atoms. The lowest BCUT2D eigenvalue weighted by Crippen LogP contribution is -2.48. The molecule has 2 heterocycles. The second-order valence-electron chi connectivity index (χ2n) is 7.76. The van der Waals surface area contributed by atoms with E-state index in [4.69, 9.17) is 14.2 Å². The second kappa shape index (κ2) is 9.18. The Kier molecular flexibility index (Phi) is 6.18. The van der Waals surface area contributed by atoms with Crippen LogP contribution in [-0.2, 0) is 30.2 Å². The molecular formula is C25H25NO5. The van der Waals surface area contributed by atoms with E-state index in [1.807, 2.05) is 42.5 Å². The van der Waals surface area contributed by atoms with Crippen LogP contribution in [0.3, 0.4) is 0 Å². The molecule has 160 valence electrons. The van der Waals surface area contributed by atoms with Crippen molar-refractivity contribution < 1.29 is 23.8 Å². The van der Waals surface area contributed by atoms with E-state index in [1.165, 1.54) is 5.56 Å². The van der Waals surface area contributed by atoms with Crippen LogP contribution in [0.4, 0.5) is 5.69 Å². The number of para-hydroxylation sites is 1. The summed E-state index contributed by atoms with van der Waals surface area (Å²) in [6.07, 6.45) is 4.37. The van der Waals surface area contributed by atoms with Crippen LogP contribution in [0.1, 0.15) is 11.1 Å². The van der Waals surface area contributed by atoms with Gasteiger partial charge >= 0.3 is 0 Å². The Bertz CT molecular complexity index is 983. The molecule has 0 saturated carbocycles. The molecule has 2 aromatic rings. The standard InChI is InChI=1S/C25H25NO5/c1-18-7-9-19(10-8-18)13-24(26-20-5-3-2-4-6-20)25-12-11-23(31-25)21(14-29-16-27)22(25)15-30-17-28/h2-12,16-17,23-24,26H,13-15H2,1H3. The molecule has 3 atom stereocenters. The lowest BCUT2D eigenvalue weighted by Gasteiger charge is -2.37. The van der Waals surface area contributed by atoms with Crippen molar-refractivity contribution in [3.05, 3.63) is 89.0 Å². The van der Waals surface area contributed by atoms with Crippen molar-refractivity contribution in [2.45, 2.75) is 31.1 Å². The number of nitrogens with one attached hydrogen (secondary N) is 1. The van der Waals surface area contributed by atoms with Crippen molar-refractivity contribution in [3.8, 4) is 0 Å². The van der Waals surface area contributed by atoms with Gasteiger partial charge in [0, 0.05) is 16.8 Å². The van der Waals surface area contributed by atoms with Crippen LogP contribution in [0, 0.1) is 6.92 Å². The number of hydrogen-bond acceptors (Lipinski definition) is 6. The zero-order chi connectivity index (χ0) is 21.7. The molecule has 2 aliphatic heterocycles. The average molecular weight is 419 g/mol. The maximum absolute atomic E-state index is 11.0. The molecular weight excluding hydrogens is 394 g/mol. The van der Waals surface area contributed by atoms with Gasteiger partial charge in [0.25, 0.3) is 12.9 Å². The van der Waals surface area contributed by atoms with Gasteiger partial charge in [0.2, 0.25) is 0 Å². The summed E-state index contributed by atoms with van der Waals surface area (Å²) in [7, 11) is 0. The van der Waals surface area contributed by atoms with Crippen LogP contribution in [0.25, 0.3) is 0 Å². The van der Waals surface area contributed by atoms with E-state index < -0.39 is 5.60 Å². The smallest absolute Gasteiger partial charge is 0.293 e. The molecule has 2 aromatic carbocycles. The zero-order valence-corrected chi connectivity index (χ0v) is 17.3. The quantitative estimate of drug-likeness (QED) is 0.445. The van der Waals surface area contributed by atoms with Gasteiger partial charge in [0.1, 0.15) is 24.9 Å². The summed E-state index contributed by atoms with van der Waals surface area (Å²) in [6, 6.07) is 18.1. The predicted molar refractivity (Wildman–Crippen MR) is 117 cm³/mol. The summed E-state index contributed by atoms with van der Waals surface area (Å²) in [4.78, 5) is 21.8. The first-order valence-corrected chi connectivity index (χ1v) is 10.2. The van der Waals surface area contributed by atoms with Crippen LogP contribution in [0.15, 0.2) is 77.9 Å². The monoisotopic (exact) mass is 419 g/mol. The number of anilines is 1. The Hall–Kier alpha value is -3.38. The van der Waals surface area contributed by atoms with E-state index >= 15 is 0 Å². The van der Waals surface area contributed by atoms with Gasteiger partial charge < -0.3 is 19.5 Å². The third-order valence-electron chi connectivity index (χ3n) is 5.84. The van der Waals surface area contributed by atoms with Crippen LogP contribution >= 0.6 is 0 Å². The fraction of sp³-hybridized carbons (Fsp3) is 0.280. The molecule has 6 nitrogen and oxygen atoms in total. The fourth-order valence-electron chi connectivity index (χ4n) is 4.33. The van der Waals surface area contributed by atoms with E-state index in [2.05, 4.69) is 36.5 Å². The molecule has 0 spiro atoms. The highest BCUT2D eigenvalue weighted by molar-refractivity contribution is 5.54. The molecule has 0 radical (unpaired) electrons. The Labute approximate surface area is 181 Å². The van der Waals surface area contributed by atoms with Gasteiger partial charge in [-0.1, -0.05) is 54.1 Å². The molecule has 0 fully saturated rings. The largest absolute Gasteiger partial charge is 0.463 e. The molecule has 0 aromatic heterocycles. The molecule has 0 amide bonds. The molecule has 0 saturated heterocycles. The summed E-state index contributed by atoms with van der Waals surface area (Å²) in [5, 5.41) is 3.62. The predicted octanol–water partition coefficient (Wildman–Crippen LogP) is 3.37. The lowest BCUT2D eigenvalue weighted by atomic mass is 9.79. The van der Waals surface area contributed by atoms with Crippen molar-refractivity contribution in [1.82, 2.24) is 0 Å². The minimum atomic E-state index is -0.823. The summed E-state index contributed by atoms with van der Waals surface area (Å²) in [5.41, 5.74) is 4.12. The van der Waals surface area contributed by atoms with Crippen molar-refractivity contribution in [3.63, 3.8) is 0 Å². The number of aryl methyl sites for hydroxylation is 1. The summed E-state index contributed by atoms with van der Waals surface area (Å²) in [5.74, 6) is 0. The van der Waals surface area contributed by atoms with Gasteiger partial charge in [-0.2, -0.15) is 0 Å². The topological polar surface area (TPSA) is 73.9 Å². The lowest BCUT2D eigenvalue weighted by molar-refractivity contribution is -0.129. The van der Waals surface area contributed by atoms with Crippen molar-refractivity contribution >= 4 is 18.6 Å². The van der Waals surface area contributed by atoms with Crippen molar-refractivity contribution in [2.24, 2.45) is 0 Å². The first-order valence-electron chi connectivity index (χ1n) is 10.2. The van der Waals surface area contributed by atoms with Gasteiger partial charge in [-0.3, -0.25) is 9.59 Å². The maximum Gasteiger partial charge on any atom is 0.293 e. The molecule has 6 heteroatoms. The summed E-state index contributed by atoms with van der Waals surface area (Å²) < 4.78 is 16.7.